The van der Waals surface area contributed by atoms with Gasteiger partial charge in [0.25, 0.3) is 0 Å². The zero-order valence-electron chi connectivity index (χ0n) is 22.9. The molecule has 7 nitrogen and oxygen atoms in total. The average molecular weight is 572 g/mol. The van der Waals surface area contributed by atoms with Gasteiger partial charge >= 0.3 is 5.97 Å². The number of piperidine rings is 2. The van der Waals surface area contributed by atoms with Gasteiger partial charge in [-0.25, -0.2) is 22.5 Å². The van der Waals surface area contributed by atoms with Crippen LogP contribution in [0.4, 0.5) is 29.3 Å². The van der Waals surface area contributed by atoms with E-state index in [4.69, 9.17) is 4.74 Å². The molecule has 11 heteroatoms. The summed E-state index contributed by atoms with van der Waals surface area (Å²) < 4.78 is 61.2. The molecule has 0 amide bonds. The first-order chi connectivity index (χ1) is 19.8. The minimum absolute atomic E-state index is 0.0307. The lowest BCUT2D eigenvalue weighted by molar-refractivity contribution is -0.150. The van der Waals surface area contributed by atoms with Crippen LogP contribution in [0.2, 0.25) is 0 Å². The Balaban J connectivity index is 1.32. The molecule has 0 aliphatic carbocycles. The largest absolute Gasteiger partial charge is 0.466 e. The third-order valence-corrected chi connectivity index (χ3v) is 7.80. The Morgan fingerprint density at radius 2 is 1.71 bits per heavy atom. The van der Waals surface area contributed by atoms with E-state index in [1.807, 2.05) is 11.8 Å². The second-order valence-corrected chi connectivity index (χ2v) is 10.5. The molecule has 3 heterocycles. The summed E-state index contributed by atoms with van der Waals surface area (Å²) in [4.78, 5) is 25.9. The number of nitrogens with one attached hydrogen (secondary N) is 1. The van der Waals surface area contributed by atoms with Crippen molar-refractivity contribution in [1.82, 2.24) is 14.9 Å². The number of halogens is 4. The molecular formula is C30H33F4N5O2. The van der Waals surface area contributed by atoms with Crippen LogP contribution in [0.15, 0.2) is 42.6 Å². The van der Waals surface area contributed by atoms with Gasteiger partial charge in [0.15, 0.2) is 0 Å². The molecule has 0 bridgehead atoms. The van der Waals surface area contributed by atoms with Crippen molar-refractivity contribution < 1.29 is 27.1 Å². The molecule has 5 rings (SSSR count). The maximum atomic E-state index is 14.7. The summed E-state index contributed by atoms with van der Waals surface area (Å²) in [5.41, 5.74) is 0.600. The monoisotopic (exact) mass is 571 g/mol. The van der Waals surface area contributed by atoms with Gasteiger partial charge in [-0.15, -0.1) is 0 Å². The lowest BCUT2D eigenvalue weighted by Gasteiger charge is -2.41. The maximum absolute atomic E-state index is 14.7. The van der Waals surface area contributed by atoms with Crippen LogP contribution in [0.5, 0.6) is 0 Å². The van der Waals surface area contributed by atoms with E-state index >= 15 is 0 Å². The normalized spacial score (nSPS) is 18.4. The Bertz CT molecular complexity index is 1380. The molecule has 0 spiro atoms. The third kappa shape index (κ3) is 6.78. The first-order valence-electron chi connectivity index (χ1n) is 14.0. The van der Waals surface area contributed by atoms with E-state index < -0.39 is 23.3 Å². The number of hydrogen-bond acceptors (Lipinski definition) is 7. The van der Waals surface area contributed by atoms with Crippen molar-refractivity contribution in [1.29, 1.82) is 0 Å². The minimum Gasteiger partial charge on any atom is -0.466 e. The summed E-state index contributed by atoms with van der Waals surface area (Å²) in [6, 6.07) is 6.85. The standard InChI is InChI=1S/C30H33F4N5O2/c1-2-41-29(40)20-4-3-11-39(18-20)23-9-12-38(13-10-23)30-36-17-25(24-8-7-22(32)15-27(24)34)28(37-30)35-16-19-5-6-21(31)14-26(19)33/h5-8,14-15,17,20,23H,2-4,9-13,16,18H2,1H3,(H,35,36,37). The number of rotatable bonds is 8. The third-order valence-electron chi connectivity index (χ3n) is 7.80. The number of aromatic nitrogens is 2. The maximum Gasteiger partial charge on any atom is 0.310 e. The minimum atomic E-state index is -0.777. The van der Waals surface area contributed by atoms with Gasteiger partial charge in [-0.05, 0) is 57.4 Å². The molecule has 218 valence electrons. The fourth-order valence-electron chi connectivity index (χ4n) is 5.63. The van der Waals surface area contributed by atoms with E-state index in [2.05, 4.69) is 20.2 Å². The Labute approximate surface area is 236 Å². The van der Waals surface area contributed by atoms with Crippen molar-refractivity contribution in [3.63, 3.8) is 0 Å². The Morgan fingerprint density at radius 3 is 2.41 bits per heavy atom. The van der Waals surface area contributed by atoms with Crippen molar-refractivity contribution in [3.8, 4) is 11.1 Å². The van der Waals surface area contributed by atoms with Crippen LogP contribution < -0.4 is 10.2 Å². The van der Waals surface area contributed by atoms with Crippen LogP contribution >= 0.6 is 0 Å². The second kappa shape index (κ2) is 12.8. The molecule has 41 heavy (non-hydrogen) atoms. The fourth-order valence-corrected chi connectivity index (χ4v) is 5.63. The number of esters is 1. The zero-order valence-corrected chi connectivity index (χ0v) is 22.9. The van der Waals surface area contributed by atoms with Gasteiger partial charge in [-0.3, -0.25) is 9.69 Å². The molecule has 3 aromatic rings. The van der Waals surface area contributed by atoms with E-state index in [0.29, 0.717) is 43.8 Å². The molecular weight excluding hydrogens is 538 g/mol. The topological polar surface area (TPSA) is 70.6 Å². The highest BCUT2D eigenvalue weighted by molar-refractivity contribution is 5.76. The Hall–Kier alpha value is -3.73. The second-order valence-electron chi connectivity index (χ2n) is 10.5. The number of ether oxygens (including phenoxy) is 1. The van der Waals surface area contributed by atoms with E-state index in [-0.39, 0.29) is 35.4 Å². The molecule has 0 saturated carbocycles. The van der Waals surface area contributed by atoms with Crippen molar-refractivity contribution in [2.45, 2.75) is 45.2 Å². The number of benzene rings is 2. The van der Waals surface area contributed by atoms with E-state index in [9.17, 15) is 22.4 Å². The number of likely N-dealkylation sites (tertiary alicyclic amines) is 1. The van der Waals surface area contributed by atoms with Gasteiger partial charge in [0, 0.05) is 67.2 Å². The van der Waals surface area contributed by atoms with Crippen LogP contribution in [-0.2, 0) is 16.1 Å². The molecule has 2 aliphatic heterocycles. The first kappa shape index (κ1) is 28.8. The van der Waals surface area contributed by atoms with Crippen molar-refractivity contribution in [2.24, 2.45) is 5.92 Å². The SMILES string of the molecule is CCOC(=O)C1CCCN(C2CCN(c3ncc(-c4ccc(F)cc4F)c(NCc4ccc(F)cc4F)n3)CC2)C1. The molecule has 2 saturated heterocycles. The highest BCUT2D eigenvalue weighted by atomic mass is 19.1. The highest BCUT2D eigenvalue weighted by Gasteiger charge is 2.33. The summed E-state index contributed by atoms with van der Waals surface area (Å²) >= 11 is 0. The molecule has 2 aliphatic rings. The molecule has 1 N–H and O–H groups in total. The Kier molecular flexibility index (Phi) is 9.02. The summed E-state index contributed by atoms with van der Waals surface area (Å²) in [6.07, 6.45) is 4.99. The molecule has 2 aromatic carbocycles. The predicted octanol–water partition coefficient (Wildman–Crippen LogP) is 5.56. The van der Waals surface area contributed by atoms with Gasteiger partial charge in [-0.1, -0.05) is 6.07 Å². The number of hydrogen-bond donors (Lipinski definition) is 1. The summed E-state index contributed by atoms with van der Waals surface area (Å²) in [6.45, 7) is 5.19. The van der Waals surface area contributed by atoms with Crippen LogP contribution in [0.1, 0.15) is 38.2 Å². The molecule has 1 aromatic heterocycles. The van der Waals surface area contributed by atoms with Gasteiger partial charge in [-0.2, -0.15) is 4.98 Å². The summed E-state index contributed by atoms with van der Waals surface area (Å²) in [5, 5.41) is 3.04. The quantitative estimate of drug-likeness (QED) is 0.281. The lowest BCUT2D eigenvalue weighted by Crippen LogP contribution is -2.50. The van der Waals surface area contributed by atoms with Crippen LogP contribution in [0.25, 0.3) is 11.1 Å². The van der Waals surface area contributed by atoms with Crippen molar-refractivity contribution in [2.75, 3.05) is 43.0 Å². The van der Waals surface area contributed by atoms with E-state index in [0.717, 1.165) is 56.5 Å². The van der Waals surface area contributed by atoms with Gasteiger partial charge in [0.2, 0.25) is 5.95 Å². The fraction of sp³-hybridized carbons (Fsp3) is 0.433. The first-order valence-corrected chi connectivity index (χ1v) is 14.0. The number of nitrogens with zero attached hydrogens (tertiary/aromatic N) is 4. The Morgan fingerprint density at radius 1 is 0.976 bits per heavy atom. The molecule has 1 atom stereocenters. The van der Waals surface area contributed by atoms with Gasteiger partial charge in [0.1, 0.15) is 29.1 Å². The van der Waals surface area contributed by atoms with Crippen LogP contribution in [0, 0.1) is 29.2 Å². The highest BCUT2D eigenvalue weighted by Crippen LogP contribution is 2.32. The predicted molar refractivity (Wildman–Crippen MR) is 147 cm³/mol. The number of carbonyl (C=O) groups excluding carboxylic acids is 1. The summed E-state index contributed by atoms with van der Waals surface area (Å²) in [5.74, 6) is -2.43. The van der Waals surface area contributed by atoms with E-state index in [1.165, 1.54) is 18.3 Å². The smallest absolute Gasteiger partial charge is 0.310 e. The zero-order chi connectivity index (χ0) is 28.9. The van der Waals surface area contributed by atoms with Crippen LogP contribution in [-0.4, -0.2) is 59.7 Å². The summed E-state index contributed by atoms with van der Waals surface area (Å²) in [7, 11) is 0. The van der Waals surface area contributed by atoms with E-state index in [1.54, 1.807) is 0 Å². The average Bonchev–Trinajstić information content (AvgIpc) is 2.97. The van der Waals surface area contributed by atoms with Crippen molar-refractivity contribution in [3.05, 3.63) is 71.4 Å². The lowest BCUT2D eigenvalue weighted by atomic mass is 9.94. The molecule has 0 radical (unpaired) electrons. The van der Waals surface area contributed by atoms with Gasteiger partial charge < -0.3 is 15.0 Å². The molecule has 1 unspecified atom stereocenters. The number of carbonyl (C=O) groups is 1. The van der Waals surface area contributed by atoms with Gasteiger partial charge in [0.05, 0.1) is 12.5 Å². The molecule has 2 fully saturated rings. The van der Waals surface area contributed by atoms with Crippen molar-refractivity contribution >= 4 is 17.7 Å². The number of anilines is 2. The van der Waals surface area contributed by atoms with Crippen LogP contribution in [0.3, 0.4) is 0 Å².